The Hall–Kier alpha value is -1.51. The molecule has 0 bridgehead atoms. The Labute approximate surface area is 115 Å². The van der Waals surface area contributed by atoms with E-state index in [1.807, 2.05) is 38.1 Å². The highest BCUT2D eigenvalue weighted by Gasteiger charge is 2.21. The summed E-state index contributed by atoms with van der Waals surface area (Å²) in [7, 11) is 0. The van der Waals surface area contributed by atoms with Crippen LogP contribution in [0.15, 0.2) is 24.3 Å². The maximum atomic E-state index is 12.1. The lowest BCUT2D eigenvalue weighted by Crippen LogP contribution is -2.24. The van der Waals surface area contributed by atoms with Crippen LogP contribution in [0.2, 0.25) is 0 Å². The maximum absolute atomic E-state index is 12.1. The van der Waals surface area contributed by atoms with Gasteiger partial charge in [0, 0.05) is 17.7 Å². The molecule has 3 nitrogen and oxygen atoms in total. The minimum atomic E-state index is 0.143. The third kappa shape index (κ3) is 4.27. The van der Waals surface area contributed by atoms with Gasteiger partial charge in [-0.25, -0.2) is 0 Å². The second-order valence-corrected chi connectivity index (χ2v) is 5.52. The number of hydrogen-bond donors (Lipinski definition) is 1. The van der Waals surface area contributed by atoms with E-state index in [0.717, 1.165) is 24.3 Å². The van der Waals surface area contributed by atoms with Crippen molar-refractivity contribution in [3.8, 4) is 5.75 Å². The van der Waals surface area contributed by atoms with E-state index in [9.17, 15) is 4.79 Å². The Morgan fingerprint density at radius 2 is 2.00 bits per heavy atom. The number of anilines is 1. The molecular weight excluding hydrogens is 238 g/mol. The summed E-state index contributed by atoms with van der Waals surface area (Å²) >= 11 is 0. The predicted octanol–water partition coefficient (Wildman–Crippen LogP) is 3.99. The highest BCUT2D eigenvalue weighted by molar-refractivity contribution is 5.92. The van der Waals surface area contributed by atoms with Crippen molar-refractivity contribution in [3.63, 3.8) is 0 Å². The first-order valence-electron chi connectivity index (χ1n) is 7.23. The summed E-state index contributed by atoms with van der Waals surface area (Å²) in [6, 6.07) is 7.62. The van der Waals surface area contributed by atoms with E-state index in [4.69, 9.17) is 4.74 Å². The fourth-order valence-corrected chi connectivity index (χ4v) is 2.53. The lowest BCUT2D eigenvalue weighted by atomic mass is 9.88. The van der Waals surface area contributed by atoms with Crippen LogP contribution in [0.3, 0.4) is 0 Å². The van der Waals surface area contributed by atoms with Crippen LogP contribution >= 0.6 is 0 Å². The van der Waals surface area contributed by atoms with Crippen molar-refractivity contribution < 1.29 is 9.53 Å². The number of nitrogens with one attached hydrogen (secondary N) is 1. The van der Waals surface area contributed by atoms with Crippen LogP contribution in [0, 0.1) is 5.92 Å². The quantitative estimate of drug-likeness (QED) is 0.890. The molecule has 1 fully saturated rings. The minimum absolute atomic E-state index is 0.143. The maximum Gasteiger partial charge on any atom is 0.227 e. The molecule has 2 rings (SSSR count). The van der Waals surface area contributed by atoms with Gasteiger partial charge in [0.2, 0.25) is 5.91 Å². The first kappa shape index (κ1) is 13.9. The molecule has 3 heteroatoms. The lowest BCUT2D eigenvalue weighted by Gasteiger charge is -2.21. The molecule has 0 unspecified atom stereocenters. The average Bonchev–Trinajstić information content (AvgIpc) is 2.39. The zero-order chi connectivity index (χ0) is 13.7. The second kappa shape index (κ2) is 6.60. The van der Waals surface area contributed by atoms with Gasteiger partial charge >= 0.3 is 0 Å². The molecule has 0 aromatic heterocycles. The number of amides is 1. The zero-order valence-electron chi connectivity index (χ0n) is 11.8. The fraction of sp³-hybridized carbons (Fsp3) is 0.562. The molecule has 0 heterocycles. The van der Waals surface area contributed by atoms with E-state index in [1.165, 1.54) is 19.3 Å². The molecule has 1 aromatic carbocycles. The first-order chi connectivity index (χ1) is 9.15. The standard InChI is InChI=1S/C16H23NO2/c1-12(2)19-15-10-6-9-14(11-15)17-16(18)13-7-4-3-5-8-13/h6,9-13H,3-5,7-8H2,1-2H3,(H,17,18). The zero-order valence-corrected chi connectivity index (χ0v) is 11.8. The molecule has 0 aliphatic heterocycles. The SMILES string of the molecule is CC(C)Oc1cccc(NC(=O)C2CCCCC2)c1. The molecule has 0 spiro atoms. The Morgan fingerprint density at radius 1 is 1.26 bits per heavy atom. The average molecular weight is 261 g/mol. The Bertz CT molecular complexity index is 423. The Balaban J connectivity index is 1.96. The second-order valence-electron chi connectivity index (χ2n) is 5.52. The van der Waals surface area contributed by atoms with Crippen LogP contribution in [-0.4, -0.2) is 12.0 Å². The number of hydrogen-bond acceptors (Lipinski definition) is 2. The monoisotopic (exact) mass is 261 g/mol. The highest BCUT2D eigenvalue weighted by atomic mass is 16.5. The van der Waals surface area contributed by atoms with Crippen LogP contribution in [-0.2, 0) is 4.79 Å². The van der Waals surface area contributed by atoms with Gasteiger partial charge < -0.3 is 10.1 Å². The van der Waals surface area contributed by atoms with Gasteiger partial charge in [-0.05, 0) is 38.8 Å². The van der Waals surface area contributed by atoms with Crippen molar-refractivity contribution in [1.29, 1.82) is 0 Å². The van der Waals surface area contributed by atoms with Crippen molar-refractivity contribution in [2.75, 3.05) is 5.32 Å². The topological polar surface area (TPSA) is 38.3 Å². The molecule has 0 atom stereocenters. The molecule has 1 saturated carbocycles. The molecule has 1 N–H and O–H groups in total. The largest absolute Gasteiger partial charge is 0.491 e. The van der Waals surface area contributed by atoms with E-state index in [-0.39, 0.29) is 17.9 Å². The summed E-state index contributed by atoms with van der Waals surface area (Å²) in [6.45, 7) is 3.99. The van der Waals surface area contributed by atoms with Crippen molar-refractivity contribution >= 4 is 11.6 Å². The molecule has 1 aliphatic rings. The van der Waals surface area contributed by atoms with Gasteiger partial charge in [-0.2, -0.15) is 0 Å². The van der Waals surface area contributed by atoms with Gasteiger partial charge in [0.25, 0.3) is 0 Å². The highest BCUT2D eigenvalue weighted by Crippen LogP contribution is 2.26. The summed E-state index contributed by atoms with van der Waals surface area (Å²) in [5.41, 5.74) is 0.828. The third-order valence-electron chi connectivity index (χ3n) is 3.45. The Kier molecular flexibility index (Phi) is 4.83. The van der Waals surface area contributed by atoms with Crippen LogP contribution < -0.4 is 10.1 Å². The summed E-state index contributed by atoms with van der Waals surface area (Å²) in [4.78, 5) is 12.1. The van der Waals surface area contributed by atoms with Gasteiger partial charge in [-0.15, -0.1) is 0 Å². The fourth-order valence-electron chi connectivity index (χ4n) is 2.53. The summed E-state index contributed by atoms with van der Waals surface area (Å²) in [5.74, 6) is 1.14. The van der Waals surface area contributed by atoms with Crippen molar-refractivity contribution in [2.24, 2.45) is 5.92 Å². The predicted molar refractivity (Wildman–Crippen MR) is 77.4 cm³/mol. The van der Waals surface area contributed by atoms with Crippen LogP contribution in [0.25, 0.3) is 0 Å². The molecule has 1 aromatic rings. The van der Waals surface area contributed by atoms with Gasteiger partial charge in [0.1, 0.15) is 5.75 Å². The number of benzene rings is 1. The Morgan fingerprint density at radius 3 is 2.68 bits per heavy atom. The van der Waals surface area contributed by atoms with Crippen LogP contribution in [0.4, 0.5) is 5.69 Å². The molecule has 104 valence electrons. The van der Waals surface area contributed by atoms with E-state index in [1.54, 1.807) is 0 Å². The van der Waals surface area contributed by atoms with Gasteiger partial charge in [-0.1, -0.05) is 25.3 Å². The molecule has 0 saturated heterocycles. The van der Waals surface area contributed by atoms with Crippen LogP contribution in [0.1, 0.15) is 46.0 Å². The lowest BCUT2D eigenvalue weighted by molar-refractivity contribution is -0.120. The molecule has 0 radical (unpaired) electrons. The van der Waals surface area contributed by atoms with Gasteiger partial charge in [0.15, 0.2) is 0 Å². The molecule has 19 heavy (non-hydrogen) atoms. The summed E-state index contributed by atoms with van der Waals surface area (Å²) in [6.07, 6.45) is 5.80. The summed E-state index contributed by atoms with van der Waals surface area (Å²) < 4.78 is 5.63. The smallest absolute Gasteiger partial charge is 0.227 e. The normalized spacial score (nSPS) is 16.4. The van der Waals surface area contributed by atoms with Crippen molar-refractivity contribution in [1.82, 2.24) is 0 Å². The first-order valence-corrected chi connectivity index (χ1v) is 7.23. The van der Waals surface area contributed by atoms with E-state index in [0.29, 0.717) is 0 Å². The van der Waals surface area contributed by atoms with E-state index < -0.39 is 0 Å². The van der Waals surface area contributed by atoms with Crippen LogP contribution in [0.5, 0.6) is 5.75 Å². The minimum Gasteiger partial charge on any atom is -0.491 e. The number of carbonyl (C=O) groups excluding carboxylic acids is 1. The van der Waals surface area contributed by atoms with Crippen molar-refractivity contribution in [3.05, 3.63) is 24.3 Å². The third-order valence-corrected chi connectivity index (χ3v) is 3.45. The number of rotatable bonds is 4. The molecular formula is C16H23NO2. The van der Waals surface area contributed by atoms with E-state index >= 15 is 0 Å². The molecule has 1 amide bonds. The number of carbonyl (C=O) groups is 1. The van der Waals surface area contributed by atoms with Gasteiger partial charge in [-0.3, -0.25) is 4.79 Å². The van der Waals surface area contributed by atoms with E-state index in [2.05, 4.69) is 5.32 Å². The van der Waals surface area contributed by atoms with Gasteiger partial charge in [0.05, 0.1) is 6.10 Å². The van der Waals surface area contributed by atoms with Crippen molar-refractivity contribution in [2.45, 2.75) is 52.1 Å². The summed E-state index contributed by atoms with van der Waals surface area (Å²) in [5, 5.41) is 3.01. The molecule has 1 aliphatic carbocycles. The number of ether oxygens (including phenoxy) is 1.